The second-order valence-electron chi connectivity index (χ2n) is 11.7. The van der Waals surface area contributed by atoms with Crippen LogP contribution in [0.1, 0.15) is 22.3 Å². The standard InChI is InChI=1S/C41H22FN3.Pt/c42-38-19-9-17-35(43-38)25-20-21-29-28-12-4-8-18-36(28)45(37(29)24-25)39-23-22-34-40(44-39)30-13-3-7-16-33(30)41(34)31-14-5-1-10-26(31)27-11-2-6-15-32(27)41;/h1-12,14-23H;/q-2;+2. The summed E-state index contributed by atoms with van der Waals surface area (Å²) in [5, 5.41) is 2.15. The summed E-state index contributed by atoms with van der Waals surface area (Å²) in [6.07, 6.45) is 0. The number of pyridine rings is 2. The fourth-order valence-electron chi connectivity index (χ4n) is 7.81. The molecule has 8 aromatic rings. The van der Waals surface area contributed by atoms with Crippen molar-refractivity contribution in [3.8, 4) is 39.5 Å². The Bertz CT molecular complexity index is 2490. The van der Waals surface area contributed by atoms with Crippen LogP contribution in [-0.4, -0.2) is 14.5 Å². The quantitative estimate of drug-likeness (QED) is 0.130. The number of hydrogen-bond acceptors (Lipinski definition) is 2. The van der Waals surface area contributed by atoms with E-state index in [2.05, 4.69) is 113 Å². The van der Waals surface area contributed by atoms with Crippen molar-refractivity contribution in [1.29, 1.82) is 0 Å². The topological polar surface area (TPSA) is 30.7 Å². The number of halogens is 1. The molecule has 0 aliphatic heterocycles. The van der Waals surface area contributed by atoms with Crippen molar-refractivity contribution in [2.45, 2.75) is 5.41 Å². The van der Waals surface area contributed by atoms with Gasteiger partial charge in [0, 0.05) is 10.9 Å². The number of aromatic nitrogens is 3. The first kappa shape index (κ1) is 27.2. The Balaban J connectivity index is 0.00000292. The zero-order valence-corrected chi connectivity index (χ0v) is 26.5. The summed E-state index contributed by atoms with van der Waals surface area (Å²) in [5.74, 6) is 0.279. The van der Waals surface area contributed by atoms with Gasteiger partial charge < -0.3 is 4.57 Å². The third-order valence-corrected chi connectivity index (χ3v) is 9.54. The first-order valence-corrected chi connectivity index (χ1v) is 15.0. The Hall–Kier alpha value is -5.18. The molecule has 3 nitrogen and oxygen atoms in total. The maximum Gasteiger partial charge on any atom is 2.00 e. The Morgan fingerprint density at radius 3 is 2.15 bits per heavy atom. The average Bonchev–Trinajstić information content (AvgIpc) is 3.69. The zero-order chi connectivity index (χ0) is 29.7. The van der Waals surface area contributed by atoms with E-state index in [0.29, 0.717) is 5.69 Å². The minimum atomic E-state index is -0.513. The third kappa shape index (κ3) is 3.45. The second kappa shape index (κ2) is 9.91. The first-order valence-electron chi connectivity index (χ1n) is 15.0. The SMILES string of the molecule is Fc1cccc(-c2[c-]c3c(cc2)c2ccccc2n3-c2ccc3c(n2)-c2[c-]cccc2C32c3ccccc3-c3ccccc32)n1.[Pt+2]. The Morgan fingerprint density at radius 1 is 0.609 bits per heavy atom. The summed E-state index contributed by atoms with van der Waals surface area (Å²) in [5.41, 5.74) is 12.1. The van der Waals surface area contributed by atoms with Crippen LogP contribution in [0.5, 0.6) is 0 Å². The predicted molar refractivity (Wildman–Crippen MR) is 176 cm³/mol. The van der Waals surface area contributed by atoms with Crippen LogP contribution in [0.2, 0.25) is 0 Å². The molecule has 5 aromatic carbocycles. The van der Waals surface area contributed by atoms with Crippen molar-refractivity contribution >= 4 is 21.8 Å². The van der Waals surface area contributed by atoms with Gasteiger partial charge in [0.1, 0.15) is 5.82 Å². The van der Waals surface area contributed by atoms with Crippen molar-refractivity contribution < 1.29 is 25.5 Å². The van der Waals surface area contributed by atoms with E-state index in [1.54, 1.807) is 6.07 Å². The number of hydrogen-bond donors (Lipinski definition) is 0. The molecule has 0 saturated carbocycles. The summed E-state index contributed by atoms with van der Waals surface area (Å²) in [6, 6.07) is 52.5. The van der Waals surface area contributed by atoms with Gasteiger partial charge in [-0.2, -0.15) is 4.39 Å². The number of rotatable bonds is 2. The van der Waals surface area contributed by atoms with E-state index in [-0.39, 0.29) is 21.1 Å². The van der Waals surface area contributed by atoms with Crippen LogP contribution in [0, 0.1) is 18.1 Å². The molecule has 10 rings (SSSR count). The summed E-state index contributed by atoms with van der Waals surface area (Å²) >= 11 is 0. The number of para-hydroxylation sites is 1. The van der Waals surface area contributed by atoms with Gasteiger partial charge in [-0.1, -0.05) is 95.9 Å². The van der Waals surface area contributed by atoms with Gasteiger partial charge in [0.25, 0.3) is 0 Å². The Kier molecular flexibility index (Phi) is 5.85. The van der Waals surface area contributed by atoms with Crippen LogP contribution in [-0.2, 0) is 26.5 Å². The smallest absolute Gasteiger partial charge is 0.313 e. The number of benzene rings is 5. The monoisotopic (exact) mass is 770 g/mol. The average molecular weight is 771 g/mol. The van der Waals surface area contributed by atoms with Gasteiger partial charge in [0.05, 0.1) is 0 Å². The van der Waals surface area contributed by atoms with Crippen molar-refractivity contribution in [3.63, 3.8) is 0 Å². The maximum absolute atomic E-state index is 14.1. The van der Waals surface area contributed by atoms with E-state index in [1.165, 1.54) is 33.9 Å². The van der Waals surface area contributed by atoms with Crippen molar-refractivity contribution in [1.82, 2.24) is 14.5 Å². The molecule has 5 heteroatoms. The van der Waals surface area contributed by atoms with Crippen molar-refractivity contribution in [2.75, 3.05) is 0 Å². The molecular weight excluding hydrogens is 749 g/mol. The molecule has 2 aliphatic carbocycles. The van der Waals surface area contributed by atoms with Crippen molar-refractivity contribution in [2.24, 2.45) is 0 Å². The molecule has 2 aliphatic rings. The van der Waals surface area contributed by atoms with Crippen LogP contribution in [0.4, 0.5) is 4.39 Å². The summed E-state index contributed by atoms with van der Waals surface area (Å²) < 4.78 is 16.3. The van der Waals surface area contributed by atoms with Gasteiger partial charge in [0.15, 0.2) is 0 Å². The van der Waals surface area contributed by atoms with Crippen LogP contribution in [0.25, 0.3) is 61.3 Å². The fourth-order valence-corrected chi connectivity index (χ4v) is 7.81. The summed E-state index contributed by atoms with van der Waals surface area (Å²) in [6.45, 7) is 0. The predicted octanol–water partition coefficient (Wildman–Crippen LogP) is 9.32. The summed E-state index contributed by atoms with van der Waals surface area (Å²) in [4.78, 5) is 9.58. The maximum atomic E-state index is 14.1. The molecule has 0 saturated heterocycles. The molecule has 0 bridgehead atoms. The zero-order valence-electron chi connectivity index (χ0n) is 24.2. The van der Waals surface area contributed by atoms with E-state index >= 15 is 0 Å². The van der Waals surface area contributed by atoms with Gasteiger partial charge in [-0.25, -0.2) is 0 Å². The molecule has 0 unspecified atom stereocenters. The molecule has 3 aromatic heterocycles. The van der Waals surface area contributed by atoms with Gasteiger partial charge in [0.2, 0.25) is 5.95 Å². The van der Waals surface area contributed by atoms with E-state index in [1.807, 2.05) is 30.3 Å². The van der Waals surface area contributed by atoms with Gasteiger partial charge in [-0.3, -0.25) is 9.97 Å². The Morgan fingerprint density at radius 2 is 1.35 bits per heavy atom. The fraction of sp³-hybridized carbons (Fsp3) is 0.0244. The molecule has 0 radical (unpaired) electrons. The molecule has 46 heavy (non-hydrogen) atoms. The largest absolute Gasteiger partial charge is 2.00 e. The van der Waals surface area contributed by atoms with E-state index in [9.17, 15) is 4.39 Å². The van der Waals surface area contributed by atoms with E-state index in [0.717, 1.165) is 50.0 Å². The van der Waals surface area contributed by atoms with Crippen LogP contribution >= 0.6 is 0 Å². The summed E-state index contributed by atoms with van der Waals surface area (Å²) in [7, 11) is 0. The molecule has 0 N–H and O–H groups in total. The molecular formula is C41H22FN3Pt. The minimum absolute atomic E-state index is 0. The normalized spacial score (nSPS) is 13.3. The van der Waals surface area contributed by atoms with E-state index < -0.39 is 11.4 Å². The third-order valence-electron chi connectivity index (χ3n) is 9.54. The minimum Gasteiger partial charge on any atom is -0.313 e. The molecule has 3 heterocycles. The molecule has 0 amide bonds. The Labute approximate surface area is 279 Å². The number of fused-ring (bicyclic) bond motifs is 13. The van der Waals surface area contributed by atoms with Gasteiger partial charge >= 0.3 is 21.1 Å². The molecule has 218 valence electrons. The second-order valence-corrected chi connectivity index (χ2v) is 11.7. The first-order chi connectivity index (χ1) is 22.2. The van der Waals surface area contributed by atoms with Crippen LogP contribution in [0.15, 0.2) is 133 Å². The molecule has 0 atom stereocenters. The van der Waals surface area contributed by atoms with E-state index in [4.69, 9.17) is 4.98 Å². The van der Waals surface area contributed by atoms with Gasteiger partial charge in [-0.05, 0) is 62.7 Å². The molecule has 1 spiro atoms. The molecule has 0 fully saturated rings. The van der Waals surface area contributed by atoms with Crippen molar-refractivity contribution in [3.05, 3.63) is 174 Å². The van der Waals surface area contributed by atoms with Gasteiger partial charge in [-0.15, -0.1) is 59.2 Å². The van der Waals surface area contributed by atoms with Crippen LogP contribution in [0.3, 0.4) is 0 Å². The van der Waals surface area contributed by atoms with Crippen LogP contribution < -0.4 is 0 Å². The number of nitrogens with zero attached hydrogens (tertiary/aromatic N) is 3.